The minimum absolute atomic E-state index is 0.0326. The van der Waals surface area contributed by atoms with Gasteiger partial charge >= 0.3 is 0 Å². The summed E-state index contributed by atoms with van der Waals surface area (Å²) in [7, 11) is 1.70. The Bertz CT molecular complexity index is 1240. The number of likely N-dealkylation sites (tertiary alicyclic amines) is 1. The molecule has 0 bridgehead atoms. The number of amides is 2. The molecule has 8 nitrogen and oxygen atoms in total. The SMILES string of the molecule is COc1ccc(C(C)C)cc1CN1CCO[C@](COc2cc(C)c(Cl)c(C)c2)(CC(=O)N2CCC(NC(C)=O)CC2)C1. The third kappa shape index (κ3) is 8.17. The van der Waals surface area contributed by atoms with Gasteiger partial charge in [-0.25, -0.2) is 0 Å². The third-order valence-corrected chi connectivity index (χ3v) is 8.93. The van der Waals surface area contributed by atoms with Crippen LogP contribution in [0.5, 0.6) is 11.5 Å². The first-order valence-corrected chi connectivity index (χ1v) is 15.3. The second kappa shape index (κ2) is 14.1. The number of hydrogen-bond acceptors (Lipinski definition) is 6. The number of ether oxygens (including phenoxy) is 3. The van der Waals surface area contributed by atoms with Crippen LogP contribution in [-0.4, -0.2) is 79.8 Å². The largest absolute Gasteiger partial charge is 0.496 e. The van der Waals surface area contributed by atoms with E-state index in [9.17, 15) is 9.59 Å². The number of hydrogen-bond donors (Lipinski definition) is 1. The minimum Gasteiger partial charge on any atom is -0.496 e. The summed E-state index contributed by atoms with van der Waals surface area (Å²) in [6.07, 6.45) is 1.71. The van der Waals surface area contributed by atoms with Crippen molar-refractivity contribution in [3.05, 3.63) is 57.6 Å². The van der Waals surface area contributed by atoms with E-state index < -0.39 is 5.60 Å². The summed E-state index contributed by atoms with van der Waals surface area (Å²) in [6.45, 7) is 13.8. The Labute approximate surface area is 255 Å². The summed E-state index contributed by atoms with van der Waals surface area (Å²) < 4.78 is 18.5. The molecule has 9 heteroatoms. The minimum atomic E-state index is -0.825. The van der Waals surface area contributed by atoms with Gasteiger partial charge in [0.15, 0.2) is 0 Å². The van der Waals surface area contributed by atoms with E-state index in [0.717, 1.165) is 46.8 Å². The zero-order chi connectivity index (χ0) is 30.4. The second-order valence-electron chi connectivity index (χ2n) is 12.2. The molecule has 0 spiro atoms. The molecule has 0 saturated carbocycles. The fourth-order valence-corrected chi connectivity index (χ4v) is 6.09. The maximum Gasteiger partial charge on any atom is 0.225 e. The van der Waals surface area contributed by atoms with E-state index in [1.54, 1.807) is 7.11 Å². The Kier molecular flexibility index (Phi) is 10.8. The van der Waals surface area contributed by atoms with Crippen molar-refractivity contribution in [2.24, 2.45) is 0 Å². The highest BCUT2D eigenvalue weighted by Crippen LogP contribution is 2.32. The normalized spacial score (nSPS) is 20.0. The lowest BCUT2D eigenvalue weighted by Gasteiger charge is -2.43. The zero-order valence-corrected chi connectivity index (χ0v) is 26.7. The molecular weight excluding hydrogens is 554 g/mol. The summed E-state index contributed by atoms with van der Waals surface area (Å²) in [5.41, 5.74) is 3.45. The monoisotopic (exact) mass is 599 g/mol. The molecule has 0 radical (unpaired) electrons. The second-order valence-corrected chi connectivity index (χ2v) is 12.5. The van der Waals surface area contributed by atoms with Crippen molar-refractivity contribution in [1.82, 2.24) is 15.1 Å². The van der Waals surface area contributed by atoms with E-state index in [4.69, 9.17) is 25.8 Å². The maximum atomic E-state index is 13.7. The van der Waals surface area contributed by atoms with Gasteiger partial charge in [0, 0.05) is 56.3 Å². The number of benzene rings is 2. The molecule has 42 heavy (non-hydrogen) atoms. The fourth-order valence-electron chi connectivity index (χ4n) is 5.98. The van der Waals surface area contributed by atoms with Crippen LogP contribution in [0.15, 0.2) is 30.3 Å². The summed E-state index contributed by atoms with van der Waals surface area (Å²) >= 11 is 6.40. The summed E-state index contributed by atoms with van der Waals surface area (Å²) in [4.78, 5) is 29.4. The molecule has 1 N–H and O–H groups in total. The number of methoxy groups -OCH3 is 1. The first kappa shape index (κ1) is 32.1. The van der Waals surface area contributed by atoms with Gasteiger partial charge in [-0.15, -0.1) is 0 Å². The predicted molar refractivity (Wildman–Crippen MR) is 165 cm³/mol. The molecule has 2 aliphatic heterocycles. The van der Waals surface area contributed by atoms with Crippen LogP contribution in [0, 0.1) is 13.8 Å². The van der Waals surface area contributed by atoms with E-state index in [1.165, 1.54) is 12.5 Å². The van der Waals surface area contributed by atoms with Crippen LogP contribution < -0.4 is 14.8 Å². The van der Waals surface area contributed by atoms with Crippen molar-refractivity contribution in [3.63, 3.8) is 0 Å². The van der Waals surface area contributed by atoms with Crippen LogP contribution in [0.1, 0.15) is 68.2 Å². The highest BCUT2D eigenvalue weighted by Gasteiger charge is 2.41. The summed E-state index contributed by atoms with van der Waals surface area (Å²) in [5.74, 6) is 1.99. The third-order valence-electron chi connectivity index (χ3n) is 8.33. The van der Waals surface area contributed by atoms with Crippen LogP contribution in [0.4, 0.5) is 0 Å². The molecule has 2 aromatic rings. The lowest BCUT2D eigenvalue weighted by Crippen LogP contribution is -2.57. The van der Waals surface area contributed by atoms with Crippen molar-refractivity contribution in [2.45, 2.75) is 78.0 Å². The smallest absolute Gasteiger partial charge is 0.225 e. The first-order chi connectivity index (χ1) is 20.0. The number of rotatable bonds is 10. The number of nitrogens with zero attached hydrogens (tertiary/aromatic N) is 2. The molecule has 2 fully saturated rings. The first-order valence-electron chi connectivity index (χ1n) is 15.0. The Morgan fingerprint density at radius 3 is 2.43 bits per heavy atom. The van der Waals surface area contributed by atoms with Crippen LogP contribution in [0.25, 0.3) is 0 Å². The molecule has 2 aromatic carbocycles. The fraction of sp³-hybridized carbons (Fsp3) is 0.576. The van der Waals surface area contributed by atoms with Crippen molar-refractivity contribution < 1.29 is 23.8 Å². The number of halogens is 1. The molecule has 1 atom stereocenters. The topological polar surface area (TPSA) is 80.3 Å². The van der Waals surface area contributed by atoms with Crippen LogP contribution in [-0.2, 0) is 20.9 Å². The van der Waals surface area contributed by atoms with Gasteiger partial charge in [0.1, 0.15) is 23.7 Å². The van der Waals surface area contributed by atoms with E-state index in [0.29, 0.717) is 44.5 Å². The van der Waals surface area contributed by atoms with E-state index in [2.05, 4.69) is 36.2 Å². The van der Waals surface area contributed by atoms with Gasteiger partial charge in [-0.3, -0.25) is 14.5 Å². The quantitative estimate of drug-likeness (QED) is 0.402. The number of aryl methyl sites for hydroxylation is 2. The molecule has 2 heterocycles. The molecular formula is C33H46ClN3O5. The van der Waals surface area contributed by atoms with Gasteiger partial charge in [-0.1, -0.05) is 37.6 Å². The van der Waals surface area contributed by atoms with Crippen molar-refractivity contribution in [3.8, 4) is 11.5 Å². The molecule has 2 aliphatic rings. The Morgan fingerprint density at radius 2 is 1.81 bits per heavy atom. The van der Waals surface area contributed by atoms with Gasteiger partial charge in [-0.05, 0) is 67.5 Å². The van der Waals surface area contributed by atoms with Crippen molar-refractivity contribution in [1.29, 1.82) is 0 Å². The zero-order valence-electron chi connectivity index (χ0n) is 25.9. The molecule has 0 unspecified atom stereocenters. The van der Waals surface area contributed by atoms with Crippen LogP contribution in [0.2, 0.25) is 5.02 Å². The maximum absolute atomic E-state index is 13.7. The molecule has 0 aliphatic carbocycles. The predicted octanol–water partition coefficient (Wildman–Crippen LogP) is 5.26. The standard InChI is InChI=1S/C33H46ClN3O5/c1-22(2)26-7-8-30(40-6)27(17-26)19-36-13-14-42-33(20-36,21-41-29-15-23(3)32(34)24(4)16-29)18-31(39)37-11-9-28(10-12-37)35-25(5)38/h7-8,15-17,22,28H,9-14,18-21H2,1-6H3,(H,35,38)/t33-/m1/s1. The lowest BCUT2D eigenvalue weighted by atomic mass is 9.94. The van der Waals surface area contributed by atoms with Crippen LogP contribution in [0.3, 0.4) is 0 Å². The number of carbonyl (C=O) groups is 2. The number of nitrogens with one attached hydrogen (secondary N) is 1. The average Bonchev–Trinajstić information content (AvgIpc) is 2.95. The lowest BCUT2D eigenvalue weighted by molar-refractivity contribution is -0.157. The molecule has 2 amide bonds. The summed E-state index contributed by atoms with van der Waals surface area (Å²) in [6, 6.07) is 10.4. The highest BCUT2D eigenvalue weighted by atomic mass is 35.5. The Hall–Kier alpha value is -2.81. The summed E-state index contributed by atoms with van der Waals surface area (Å²) in [5, 5.41) is 3.71. The van der Waals surface area contributed by atoms with Crippen molar-refractivity contribution >= 4 is 23.4 Å². The molecule has 4 rings (SSSR count). The molecule has 2 saturated heterocycles. The van der Waals surface area contributed by atoms with E-state index in [-0.39, 0.29) is 30.9 Å². The van der Waals surface area contributed by atoms with Gasteiger partial charge in [0.2, 0.25) is 11.8 Å². The Balaban J connectivity index is 1.53. The van der Waals surface area contributed by atoms with Gasteiger partial charge in [0.05, 0.1) is 20.1 Å². The van der Waals surface area contributed by atoms with Crippen molar-refractivity contribution in [2.75, 3.05) is 46.5 Å². The van der Waals surface area contributed by atoms with E-state index in [1.807, 2.05) is 36.9 Å². The number of carbonyl (C=O) groups excluding carboxylic acids is 2. The van der Waals surface area contributed by atoms with Gasteiger partial charge in [0.25, 0.3) is 0 Å². The number of morpholine rings is 1. The molecule has 230 valence electrons. The highest BCUT2D eigenvalue weighted by molar-refractivity contribution is 6.32. The van der Waals surface area contributed by atoms with E-state index >= 15 is 0 Å². The number of piperidine rings is 1. The Morgan fingerprint density at radius 1 is 1.12 bits per heavy atom. The van der Waals surface area contributed by atoms with Gasteiger partial charge in [-0.2, -0.15) is 0 Å². The van der Waals surface area contributed by atoms with Crippen LogP contribution >= 0.6 is 11.6 Å². The van der Waals surface area contributed by atoms with Gasteiger partial charge < -0.3 is 24.4 Å². The average molecular weight is 600 g/mol. The molecule has 0 aromatic heterocycles.